The minimum Gasteiger partial charge on any atom is -0.448 e. The van der Waals surface area contributed by atoms with E-state index in [1.54, 1.807) is 6.07 Å². The van der Waals surface area contributed by atoms with E-state index in [2.05, 4.69) is 5.32 Å². The molecule has 8 heteroatoms. The van der Waals surface area contributed by atoms with Crippen LogP contribution < -0.4 is 10.5 Å². The van der Waals surface area contributed by atoms with Crippen LogP contribution in [0, 0.1) is 6.92 Å². The van der Waals surface area contributed by atoms with Gasteiger partial charge in [0.1, 0.15) is 0 Å². The topological polar surface area (TPSA) is 116 Å². The maximum Gasteiger partial charge on any atom is 0.339 e. The Hall–Kier alpha value is -2.71. The number of esters is 1. The molecular formula is C17H16N2O5S. The van der Waals surface area contributed by atoms with E-state index in [1.165, 1.54) is 24.3 Å². The zero-order valence-electron chi connectivity index (χ0n) is 13.4. The van der Waals surface area contributed by atoms with Crippen LogP contribution in [-0.4, -0.2) is 26.4 Å². The summed E-state index contributed by atoms with van der Waals surface area (Å²) in [4.78, 5) is 24.3. The van der Waals surface area contributed by atoms with Crippen molar-refractivity contribution in [2.24, 2.45) is 5.14 Å². The molecule has 0 spiro atoms. The number of anilines is 1. The van der Waals surface area contributed by atoms with Crippen LogP contribution in [0.25, 0.3) is 0 Å². The van der Waals surface area contributed by atoms with E-state index in [9.17, 15) is 18.0 Å². The number of fused-ring (bicyclic) bond motifs is 1. The Kier molecular flexibility index (Phi) is 4.32. The fourth-order valence-electron chi connectivity index (χ4n) is 2.62. The largest absolute Gasteiger partial charge is 0.448 e. The number of sulfonamides is 1. The van der Waals surface area contributed by atoms with Crippen molar-refractivity contribution in [2.75, 3.05) is 5.32 Å². The average Bonchev–Trinajstić information content (AvgIpc) is 2.54. The number of ether oxygens (including phenoxy) is 1. The van der Waals surface area contributed by atoms with Gasteiger partial charge in [0.15, 0.2) is 6.10 Å². The Morgan fingerprint density at radius 3 is 2.52 bits per heavy atom. The van der Waals surface area contributed by atoms with Crippen LogP contribution >= 0.6 is 0 Å². The van der Waals surface area contributed by atoms with Gasteiger partial charge >= 0.3 is 5.97 Å². The van der Waals surface area contributed by atoms with Crippen molar-refractivity contribution < 1.29 is 22.7 Å². The first kappa shape index (κ1) is 17.1. The molecule has 3 N–H and O–H groups in total. The Labute approximate surface area is 144 Å². The Morgan fingerprint density at radius 2 is 1.88 bits per heavy atom. The van der Waals surface area contributed by atoms with E-state index in [0.717, 1.165) is 11.1 Å². The molecule has 0 saturated carbocycles. The number of hydrogen-bond donors (Lipinski definition) is 2. The third-order valence-electron chi connectivity index (χ3n) is 3.88. The van der Waals surface area contributed by atoms with Crippen molar-refractivity contribution in [1.29, 1.82) is 0 Å². The number of rotatable bonds is 3. The first-order valence-electron chi connectivity index (χ1n) is 7.48. The summed E-state index contributed by atoms with van der Waals surface area (Å²) in [5.74, 6) is -1.02. The summed E-state index contributed by atoms with van der Waals surface area (Å²) >= 11 is 0. The van der Waals surface area contributed by atoms with Crippen molar-refractivity contribution >= 4 is 27.6 Å². The monoisotopic (exact) mass is 360 g/mol. The molecule has 0 fully saturated rings. The minimum atomic E-state index is -3.80. The van der Waals surface area contributed by atoms with E-state index in [0.29, 0.717) is 11.3 Å². The number of nitrogens with two attached hydrogens (primary N) is 1. The predicted molar refractivity (Wildman–Crippen MR) is 90.5 cm³/mol. The molecule has 0 aromatic heterocycles. The summed E-state index contributed by atoms with van der Waals surface area (Å²) in [6, 6.07) is 10.8. The number of benzene rings is 2. The second-order valence-corrected chi connectivity index (χ2v) is 7.38. The summed E-state index contributed by atoms with van der Waals surface area (Å²) < 4.78 is 27.7. The van der Waals surface area contributed by atoms with Crippen LogP contribution in [0.5, 0.6) is 0 Å². The van der Waals surface area contributed by atoms with Crippen molar-refractivity contribution in [3.8, 4) is 0 Å². The van der Waals surface area contributed by atoms with Crippen molar-refractivity contribution in [3.05, 3.63) is 59.2 Å². The highest BCUT2D eigenvalue weighted by Crippen LogP contribution is 2.23. The number of hydrogen-bond acceptors (Lipinski definition) is 5. The lowest BCUT2D eigenvalue weighted by atomic mass is 9.96. The smallest absolute Gasteiger partial charge is 0.339 e. The first-order chi connectivity index (χ1) is 11.7. The number of primary sulfonamides is 1. The van der Waals surface area contributed by atoms with Gasteiger partial charge in [-0.05, 0) is 42.8 Å². The number of cyclic esters (lactones) is 1. The van der Waals surface area contributed by atoms with Gasteiger partial charge in [0.25, 0.3) is 5.91 Å². The van der Waals surface area contributed by atoms with Crippen LogP contribution in [0.1, 0.15) is 21.5 Å². The van der Waals surface area contributed by atoms with Gasteiger partial charge in [0, 0.05) is 12.1 Å². The SMILES string of the molecule is Cc1ccc2c(c1)CC(C(=O)Nc1ccc(S(N)(=O)=O)cc1)OC2=O. The second kappa shape index (κ2) is 6.30. The third kappa shape index (κ3) is 3.70. The van der Waals surface area contributed by atoms with Gasteiger partial charge in [-0.1, -0.05) is 17.7 Å². The fourth-order valence-corrected chi connectivity index (χ4v) is 3.14. The quantitative estimate of drug-likeness (QED) is 0.802. The molecule has 7 nitrogen and oxygen atoms in total. The first-order valence-corrected chi connectivity index (χ1v) is 9.03. The molecule has 25 heavy (non-hydrogen) atoms. The maximum absolute atomic E-state index is 12.4. The number of nitrogens with one attached hydrogen (secondary N) is 1. The van der Waals surface area contributed by atoms with Crippen LogP contribution in [-0.2, 0) is 26.0 Å². The number of aryl methyl sites for hydroxylation is 1. The Bertz CT molecular complexity index is 952. The van der Waals surface area contributed by atoms with E-state index >= 15 is 0 Å². The second-order valence-electron chi connectivity index (χ2n) is 5.82. The minimum absolute atomic E-state index is 0.0565. The van der Waals surface area contributed by atoms with E-state index < -0.39 is 28.0 Å². The summed E-state index contributed by atoms with van der Waals surface area (Å²) in [6.45, 7) is 1.91. The normalized spacial score (nSPS) is 16.7. The Morgan fingerprint density at radius 1 is 1.20 bits per heavy atom. The lowest BCUT2D eigenvalue weighted by molar-refractivity contribution is -0.125. The molecule has 1 aliphatic rings. The van der Waals surface area contributed by atoms with E-state index in [4.69, 9.17) is 9.88 Å². The highest BCUT2D eigenvalue weighted by Gasteiger charge is 2.31. The average molecular weight is 360 g/mol. The van der Waals surface area contributed by atoms with Gasteiger partial charge in [-0.15, -0.1) is 0 Å². The molecule has 1 atom stereocenters. The molecule has 0 aliphatic carbocycles. The number of amides is 1. The summed E-state index contributed by atoms with van der Waals surface area (Å²) in [5.41, 5.74) is 2.60. The van der Waals surface area contributed by atoms with E-state index in [-0.39, 0.29) is 11.3 Å². The molecule has 2 aromatic rings. The van der Waals surface area contributed by atoms with E-state index in [1.807, 2.05) is 19.1 Å². The molecule has 0 bridgehead atoms. The molecule has 130 valence electrons. The zero-order chi connectivity index (χ0) is 18.2. The fraction of sp³-hybridized carbons (Fsp3) is 0.176. The molecule has 0 radical (unpaired) electrons. The molecule has 2 aromatic carbocycles. The van der Waals surface area contributed by atoms with Gasteiger partial charge in [-0.25, -0.2) is 18.4 Å². The molecule has 1 aliphatic heterocycles. The van der Waals surface area contributed by atoms with Gasteiger partial charge in [0.05, 0.1) is 10.5 Å². The molecule has 3 rings (SSSR count). The highest BCUT2D eigenvalue weighted by atomic mass is 32.2. The molecular weight excluding hydrogens is 344 g/mol. The maximum atomic E-state index is 12.4. The van der Waals surface area contributed by atoms with Crippen LogP contribution in [0.15, 0.2) is 47.4 Å². The zero-order valence-corrected chi connectivity index (χ0v) is 14.2. The predicted octanol–water partition coefficient (Wildman–Crippen LogP) is 1.36. The van der Waals surface area contributed by atoms with Crippen LogP contribution in [0.2, 0.25) is 0 Å². The highest BCUT2D eigenvalue weighted by molar-refractivity contribution is 7.89. The van der Waals surface area contributed by atoms with Crippen LogP contribution in [0.3, 0.4) is 0 Å². The van der Waals surface area contributed by atoms with Gasteiger partial charge in [-0.2, -0.15) is 0 Å². The Balaban J connectivity index is 1.75. The molecule has 1 amide bonds. The molecule has 1 heterocycles. The van der Waals surface area contributed by atoms with Gasteiger partial charge < -0.3 is 10.1 Å². The number of carbonyl (C=O) groups is 2. The standard InChI is InChI=1S/C17H16N2O5S/c1-10-2-7-14-11(8-10)9-15(24-17(14)21)16(20)19-12-3-5-13(6-4-12)25(18,22)23/h2-8,15H,9H2,1H3,(H,19,20)(H2,18,22,23). The summed E-state index contributed by atoms with van der Waals surface area (Å²) in [6.07, 6.45) is -0.663. The van der Waals surface area contributed by atoms with Crippen molar-refractivity contribution in [2.45, 2.75) is 24.3 Å². The van der Waals surface area contributed by atoms with Gasteiger partial charge in [-0.3, -0.25) is 4.79 Å². The third-order valence-corrected chi connectivity index (χ3v) is 4.81. The van der Waals surface area contributed by atoms with Crippen molar-refractivity contribution in [3.63, 3.8) is 0 Å². The number of carbonyl (C=O) groups excluding carboxylic acids is 2. The molecule has 0 saturated heterocycles. The lowest BCUT2D eigenvalue weighted by Crippen LogP contribution is -2.38. The molecule has 1 unspecified atom stereocenters. The van der Waals surface area contributed by atoms with Gasteiger partial charge in [0.2, 0.25) is 10.0 Å². The summed E-state index contributed by atoms with van der Waals surface area (Å²) in [7, 11) is -3.80. The lowest BCUT2D eigenvalue weighted by Gasteiger charge is -2.24. The summed E-state index contributed by atoms with van der Waals surface area (Å²) in [5, 5.41) is 7.63. The van der Waals surface area contributed by atoms with Crippen LogP contribution in [0.4, 0.5) is 5.69 Å². The van der Waals surface area contributed by atoms with Crippen molar-refractivity contribution in [1.82, 2.24) is 0 Å².